The maximum Gasteiger partial charge on any atom is 0.417 e. The standard InChI is InChI=1S/C10H12N5O7P/c11-10-13-7-4(8(19)15(10)22-23-20)12-2-14(7)9-6(18)5(17)3(1-16)21-9/h2-3,5-6,9,16-18H,1H2,(H2,11,13)/t3-,5?,6?,9-/m1/s1. The number of hydrogen-bond donors (Lipinski definition) is 4. The molecular weight excluding hydrogens is 333 g/mol. The largest absolute Gasteiger partial charge is 0.417 e. The van der Waals surface area contributed by atoms with Gasteiger partial charge in [-0.2, -0.15) is 4.98 Å². The summed E-state index contributed by atoms with van der Waals surface area (Å²) in [6.45, 7) is -0.500. The molecule has 1 saturated heterocycles. The molecule has 0 aliphatic carbocycles. The van der Waals surface area contributed by atoms with E-state index < -0.39 is 45.4 Å². The lowest BCUT2D eigenvalue weighted by atomic mass is 10.1. The van der Waals surface area contributed by atoms with Crippen LogP contribution in [0.2, 0.25) is 0 Å². The molecule has 1 aliphatic rings. The van der Waals surface area contributed by atoms with E-state index in [1.807, 2.05) is 0 Å². The van der Waals surface area contributed by atoms with Crippen LogP contribution in [0.3, 0.4) is 0 Å². The summed E-state index contributed by atoms with van der Waals surface area (Å²) in [6, 6.07) is 0. The van der Waals surface area contributed by atoms with E-state index in [0.717, 1.165) is 6.33 Å². The van der Waals surface area contributed by atoms with E-state index in [-0.39, 0.29) is 17.1 Å². The molecule has 4 atom stereocenters. The van der Waals surface area contributed by atoms with Gasteiger partial charge in [0.25, 0.3) is 0 Å². The highest BCUT2D eigenvalue weighted by Gasteiger charge is 2.44. The molecule has 124 valence electrons. The van der Waals surface area contributed by atoms with Crippen molar-refractivity contribution in [3.05, 3.63) is 16.7 Å². The van der Waals surface area contributed by atoms with Gasteiger partial charge < -0.3 is 30.4 Å². The molecule has 2 aromatic heterocycles. The van der Waals surface area contributed by atoms with Crippen molar-refractivity contribution < 1.29 is 29.2 Å². The summed E-state index contributed by atoms with van der Waals surface area (Å²) in [4.78, 5) is 19.9. The van der Waals surface area contributed by atoms with Crippen LogP contribution in [0.15, 0.2) is 11.1 Å². The Morgan fingerprint density at radius 3 is 2.78 bits per heavy atom. The maximum atomic E-state index is 12.1. The highest BCUT2D eigenvalue weighted by molar-refractivity contribution is 7.17. The Morgan fingerprint density at radius 1 is 1.43 bits per heavy atom. The molecule has 2 unspecified atom stereocenters. The van der Waals surface area contributed by atoms with Crippen molar-refractivity contribution in [2.45, 2.75) is 24.5 Å². The van der Waals surface area contributed by atoms with Gasteiger partial charge >= 0.3 is 14.2 Å². The van der Waals surface area contributed by atoms with Gasteiger partial charge in [0.2, 0.25) is 5.95 Å². The van der Waals surface area contributed by atoms with Crippen LogP contribution >= 0.6 is 8.69 Å². The van der Waals surface area contributed by atoms with Crippen LogP contribution in [-0.2, 0) is 9.30 Å². The first kappa shape index (κ1) is 15.8. The van der Waals surface area contributed by atoms with Crippen LogP contribution in [0.1, 0.15) is 6.23 Å². The van der Waals surface area contributed by atoms with Crippen LogP contribution in [0.4, 0.5) is 5.95 Å². The lowest BCUT2D eigenvalue weighted by molar-refractivity contribution is -0.0511. The van der Waals surface area contributed by atoms with E-state index >= 15 is 0 Å². The van der Waals surface area contributed by atoms with Gasteiger partial charge in [0.15, 0.2) is 17.4 Å². The van der Waals surface area contributed by atoms with Crippen molar-refractivity contribution in [3.63, 3.8) is 0 Å². The molecule has 1 fully saturated rings. The van der Waals surface area contributed by atoms with Gasteiger partial charge in [-0.1, -0.05) is 4.73 Å². The van der Waals surface area contributed by atoms with Gasteiger partial charge in [-0.25, -0.2) is 9.55 Å². The summed E-state index contributed by atoms with van der Waals surface area (Å²) in [5, 5.41) is 28.9. The second kappa shape index (κ2) is 5.83. The van der Waals surface area contributed by atoms with Crippen LogP contribution in [0.25, 0.3) is 11.2 Å². The number of imidazole rings is 1. The molecule has 1 aliphatic heterocycles. The molecule has 0 bridgehead atoms. The molecule has 5 N–H and O–H groups in total. The second-order valence-corrected chi connectivity index (χ2v) is 5.09. The third-order valence-electron chi connectivity index (χ3n) is 3.49. The van der Waals surface area contributed by atoms with E-state index in [4.69, 9.17) is 15.6 Å². The van der Waals surface area contributed by atoms with Crippen molar-refractivity contribution in [2.24, 2.45) is 0 Å². The molecule has 12 nitrogen and oxygen atoms in total. The number of nitrogens with zero attached hydrogens (tertiary/aromatic N) is 4. The minimum Gasteiger partial charge on any atom is -0.394 e. The smallest absolute Gasteiger partial charge is 0.394 e. The zero-order valence-corrected chi connectivity index (χ0v) is 12.3. The SMILES string of the molecule is Nc1nc2c(ncn2[C@@H]2O[C@H](CO)C(O)C2O)c(=O)n1OP=O. The number of aromatic nitrogens is 4. The number of aliphatic hydroxyl groups excluding tert-OH is 3. The van der Waals surface area contributed by atoms with Gasteiger partial charge in [-0.15, -0.1) is 0 Å². The second-order valence-electron chi connectivity index (χ2n) is 4.78. The topological polar surface area (TPSA) is 175 Å². The van der Waals surface area contributed by atoms with Crippen molar-refractivity contribution in [1.29, 1.82) is 0 Å². The number of rotatable bonds is 4. The lowest BCUT2D eigenvalue weighted by Crippen LogP contribution is -2.33. The van der Waals surface area contributed by atoms with E-state index in [9.17, 15) is 19.6 Å². The summed E-state index contributed by atoms with van der Waals surface area (Å²) in [5.74, 6) is -0.389. The summed E-state index contributed by atoms with van der Waals surface area (Å²) in [6.07, 6.45) is -3.63. The Labute approximate surface area is 128 Å². The highest BCUT2D eigenvalue weighted by Crippen LogP contribution is 2.30. The van der Waals surface area contributed by atoms with Gasteiger partial charge in [0.05, 0.1) is 12.9 Å². The third kappa shape index (κ3) is 2.36. The molecule has 13 heteroatoms. The molecular formula is C10H12N5O7P. The normalized spacial score (nSPS) is 27.8. The molecule has 0 amide bonds. The van der Waals surface area contributed by atoms with Gasteiger partial charge in [-0.3, -0.25) is 9.36 Å². The summed E-state index contributed by atoms with van der Waals surface area (Å²) in [5.41, 5.74) is 4.57. The first-order valence-corrected chi connectivity index (χ1v) is 7.10. The fraction of sp³-hybridized carbons (Fsp3) is 0.500. The first-order valence-electron chi connectivity index (χ1n) is 6.37. The minimum atomic E-state index is -1.37. The number of nitrogen functional groups attached to an aromatic ring is 1. The van der Waals surface area contributed by atoms with E-state index in [1.165, 1.54) is 4.57 Å². The Kier molecular flexibility index (Phi) is 4.00. The summed E-state index contributed by atoms with van der Waals surface area (Å²) >= 11 is 0. The number of ether oxygens (including phenoxy) is 1. The summed E-state index contributed by atoms with van der Waals surface area (Å²) in [7, 11) is -0.803. The quantitative estimate of drug-likeness (QED) is 0.431. The number of hydrogen-bond acceptors (Lipinski definition) is 10. The molecule has 0 radical (unpaired) electrons. The predicted molar refractivity (Wildman–Crippen MR) is 73.4 cm³/mol. The third-order valence-corrected chi connectivity index (χ3v) is 3.72. The molecule has 23 heavy (non-hydrogen) atoms. The zero-order valence-electron chi connectivity index (χ0n) is 11.4. The molecule has 0 saturated carbocycles. The Morgan fingerprint density at radius 2 is 2.17 bits per heavy atom. The fourth-order valence-electron chi connectivity index (χ4n) is 2.38. The number of nitrogens with two attached hydrogens (primary N) is 1. The number of aliphatic hydroxyl groups is 3. The monoisotopic (exact) mass is 345 g/mol. The number of fused-ring (bicyclic) bond motifs is 1. The summed E-state index contributed by atoms with van der Waals surface area (Å²) < 4.78 is 22.0. The van der Waals surface area contributed by atoms with Crippen molar-refractivity contribution in [1.82, 2.24) is 19.3 Å². The molecule has 2 aromatic rings. The average molecular weight is 345 g/mol. The Balaban J connectivity index is 2.11. The fourth-order valence-corrected chi connectivity index (χ4v) is 2.60. The van der Waals surface area contributed by atoms with Crippen LogP contribution in [0.5, 0.6) is 0 Å². The molecule has 3 heterocycles. The van der Waals surface area contributed by atoms with Crippen molar-refractivity contribution in [2.75, 3.05) is 12.3 Å². The first-order chi connectivity index (χ1) is 11.0. The van der Waals surface area contributed by atoms with Crippen LogP contribution < -0.4 is 15.9 Å². The molecule has 0 spiro atoms. The van der Waals surface area contributed by atoms with Crippen molar-refractivity contribution >= 4 is 25.8 Å². The molecule has 3 rings (SSSR count). The number of anilines is 1. The Bertz CT molecular complexity index is 807. The van der Waals surface area contributed by atoms with Gasteiger partial charge in [0.1, 0.15) is 18.3 Å². The lowest BCUT2D eigenvalue weighted by Gasteiger charge is -2.16. The predicted octanol–water partition coefficient (Wildman–Crippen LogP) is -2.58. The van der Waals surface area contributed by atoms with Gasteiger partial charge in [-0.05, 0) is 0 Å². The maximum absolute atomic E-state index is 12.1. The minimum absolute atomic E-state index is 0.0234. The zero-order chi connectivity index (χ0) is 16.7. The van der Waals surface area contributed by atoms with Crippen molar-refractivity contribution in [3.8, 4) is 0 Å². The van der Waals surface area contributed by atoms with Crippen LogP contribution in [0, 0.1) is 0 Å². The van der Waals surface area contributed by atoms with Gasteiger partial charge in [0, 0.05) is 0 Å². The Hall–Kier alpha value is -2.11. The average Bonchev–Trinajstić information content (AvgIpc) is 3.06. The molecule has 0 aromatic carbocycles. The van der Waals surface area contributed by atoms with E-state index in [2.05, 4.69) is 14.6 Å². The van der Waals surface area contributed by atoms with E-state index in [0.29, 0.717) is 4.73 Å². The van der Waals surface area contributed by atoms with E-state index in [1.54, 1.807) is 0 Å². The van der Waals surface area contributed by atoms with Crippen LogP contribution in [-0.4, -0.2) is 59.5 Å². The highest BCUT2D eigenvalue weighted by atomic mass is 31.1.